The first-order valence-corrected chi connectivity index (χ1v) is 10.6. The standard InChI is InChI=1S/C21H26N6O3.C2H6/c1-20(2,22)21(3,19(29)25-30)9-13-26-12-8-16(14-18(26)28)15-4-6-17(7-5-15)27-23-10-11-24-27;1-2/h4-8,10-12,14,30H,9,13,22H2,1-3H3,(H,25,29);1-2H3. The van der Waals surface area contributed by atoms with E-state index in [-0.39, 0.29) is 18.5 Å². The van der Waals surface area contributed by atoms with Crippen LogP contribution < -0.4 is 16.8 Å². The second-order valence-electron chi connectivity index (χ2n) is 8.06. The molecule has 3 rings (SSSR count). The first kappa shape index (κ1) is 25.0. The van der Waals surface area contributed by atoms with Crippen molar-refractivity contribution >= 4 is 5.91 Å². The van der Waals surface area contributed by atoms with E-state index >= 15 is 0 Å². The SMILES string of the molecule is CC.CC(C)(N)C(C)(CCn1ccc(-c2ccc(-n3nccn3)cc2)cc1=O)C(=O)NO. The van der Waals surface area contributed by atoms with Gasteiger partial charge in [0, 0.05) is 24.3 Å². The zero-order valence-corrected chi connectivity index (χ0v) is 19.2. The number of carbonyl (C=O) groups is 1. The fourth-order valence-electron chi connectivity index (χ4n) is 3.20. The molecule has 4 N–H and O–H groups in total. The molecule has 3 aromatic rings. The zero-order chi connectivity index (χ0) is 23.9. The Morgan fingerprint density at radius 2 is 1.66 bits per heavy atom. The van der Waals surface area contributed by atoms with E-state index in [4.69, 9.17) is 10.9 Å². The largest absolute Gasteiger partial charge is 0.325 e. The molecular weight excluding hydrogens is 408 g/mol. The summed E-state index contributed by atoms with van der Waals surface area (Å²) in [5.41, 5.74) is 8.22. The topological polar surface area (TPSA) is 128 Å². The van der Waals surface area contributed by atoms with E-state index in [1.165, 1.54) is 9.36 Å². The fourth-order valence-corrected chi connectivity index (χ4v) is 3.20. The number of amides is 1. The van der Waals surface area contributed by atoms with E-state index < -0.39 is 16.9 Å². The summed E-state index contributed by atoms with van der Waals surface area (Å²) in [7, 11) is 0. The molecule has 0 spiro atoms. The molecule has 0 aliphatic rings. The number of hydrogen-bond donors (Lipinski definition) is 3. The Morgan fingerprint density at radius 3 is 2.16 bits per heavy atom. The summed E-state index contributed by atoms with van der Waals surface area (Å²) in [4.78, 5) is 26.3. The summed E-state index contributed by atoms with van der Waals surface area (Å²) < 4.78 is 1.53. The van der Waals surface area contributed by atoms with Crippen LogP contribution in [0.4, 0.5) is 0 Å². The van der Waals surface area contributed by atoms with Gasteiger partial charge in [0.1, 0.15) is 0 Å². The van der Waals surface area contributed by atoms with Crippen LogP contribution in [0.15, 0.2) is 59.8 Å². The molecule has 0 bridgehead atoms. The highest BCUT2D eigenvalue weighted by molar-refractivity contribution is 5.82. The van der Waals surface area contributed by atoms with Gasteiger partial charge in [-0.1, -0.05) is 26.0 Å². The molecular formula is C23H32N6O3. The molecule has 1 amide bonds. The monoisotopic (exact) mass is 440 g/mol. The lowest BCUT2D eigenvalue weighted by atomic mass is 9.70. The van der Waals surface area contributed by atoms with Gasteiger partial charge in [0.05, 0.1) is 23.5 Å². The Kier molecular flexibility index (Phi) is 8.07. The predicted molar refractivity (Wildman–Crippen MR) is 123 cm³/mol. The smallest absolute Gasteiger partial charge is 0.251 e. The number of nitrogens with one attached hydrogen (secondary N) is 1. The van der Waals surface area contributed by atoms with Gasteiger partial charge < -0.3 is 10.3 Å². The molecule has 9 heteroatoms. The molecule has 1 aromatic carbocycles. The van der Waals surface area contributed by atoms with Crippen molar-refractivity contribution in [3.8, 4) is 16.8 Å². The summed E-state index contributed by atoms with van der Waals surface area (Å²) in [5, 5.41) is 17.3. The number of aryl methyl sites for hydroxylation is 1. The maximum atomic E-state index is 12.6. The Balaban J connectivity index is 0.00000176. The van der Waals surface area contributed by atoms with E-state index in [2.05, 4.69) is 10.2 Å². The van der Waals surface area contributed by atoms with Crippen molar-refractivity contribution in [1.29, 1.82) is 0 Å². The maximum absolute atomic E-state index is 12.6. The van der Waals surface area contributed by atoms with Crippen LogP contribution in [-0.4, -0.2) is 36.2 Å². The third-order valence-corrected chi connectivity index (χ3v) is 5.72. The number of hydrogen-bond acceptors (Lipinski definition) is 6. The predicted octanol–water partition coefficient (Wildman–Crippen LogP) is 2.76. The van der Waals surface area contributed by atoms with Crippen LogP contribution in [0.25, 0.3) is 16.8 Å². The van der Waals surface area contributed by atoms with Crippen molar-refractivity contribution in [2.24, 2.45) is 11.1 Å². The van der Waals surface area contributed by atoms with E-state index in [1.807, 2.05) is 44.2 Å². The van der Waals surface area contributed by atoms with Gasteiger partial charge in [-0.05, 0) is 56.5 Å². The van der Waals surface area contributed by atoms with Crippen molar-refractivity contribution in [2.45, 2.75) is 53.1 Å². The Morgan fingerprint density at radius 1 is 1.06 bits per heavy atom. The number of pyridine rings is 1. The van der Waals surface area contributed by atoms with Crippen LogP contribution in [0.1, 0.15) is 41.0 Å². The zero-order valence-electron chi connectivity index (χ0n) is 19.2. The molecule has 2 aromatic heterocycles. The first-order valence-electron chi connectivity index (χ1n) is 10.6. The Bertz CT molecular complexity index is 1070. The number of nitrogens with two attached hydrogens (primary N) is 1. The second-order valence-corrected chi connectivity index (χ2v) is 8.06. The number of carbonyl (C=O) groups excluding carboxylic acids is 1. The number of benzene rings is 1. The van der Waals surface area contributed by atoms with Gasteiger partial charge in [0.2, 0.25) is 0 Å². The quantitative estimate of drug-likeness (QED) is 0.383. The molecule has 172 valence electrons. The molecule has 1 atom stereocenters. The lowest BCUT2D eigenvalue weighted by Gasteiger charge is -2.39. The summed E-state index contributed by atoms with van der Waals surface area (Å²) in [6, 6.07) is 11.0. The minimum atomic E-state index is -1.06. The van der Waals surface area contributed by atoms with Crippen LogP contribution in [0.3, 0.4) is 0 Å². The van der Waals surface area contributed by atoms with Crippen molar-refractivity contribution < 1.29 is 10.0 Å². The molecule has 0 saturated heterocycles. The van der Waals surface area contributed by atoms with Crippen LogP contribution in [-0.2, 0) is 11.3 Å². The van der Waals surface area contributed by atoms with Gasteiger partial charge in [-0.2, -0.15) is 15.0 Å². The second kappa shape index (κ2) is 10.3. The lowest BCUT2D eigenvalue weighted by Crippen LogP contribution is -2.57. The van der Waals surface area contributed by atoms with Crippen LogP contribution in [0, 0.1) is 5.41 Å². The van der Waals surface area contributed by atoms with Gasteiger partial charge >= 0.3 is 0 Å². The first-order chi connectivity index (χ1) is 15.2. The van der Waals surface area contributed by atoms with E-state index in [9.17, 15) is 9.59 Å². The third kappa shape index (κ3) is 5.30. The van der Waals surface area contributed by atoms with Gasteiger partial charge in [-0.3, -0.25) is 14.8 Å². The Hall–Kier alpha value is -3.30. The third-order valence-electron chi connectivity index (χ3n) is 5.72. The van der Waals surface area contributed by atoms with Crippen LogP contribution in [0.2, 0.25) is 0 Å². The molecule has 1 unspecified atom stereocenters. The van der Waals surface area contributed by atoms with Crippen LogP contribution in [0.5, 0.6) is 0 Å². The molecule has 0 radical (unpaired) electrons. The molecule has 0 fully saturated rings. The van der Waals surface area contributed by atoms with Gasteiger partial charge in [-0.25, -0.2) is 5.48 Å². The van der Waals surface area contributed by atoms with Crippen molar-refractivity contribution in [3.05, 3.63) is 65.3 Å². The Labute approximate surface area is 187 Å². The van der Waals surface area contributed by atoms with Gasteiger partial charge in [0.15, 0.2) is 0 Å². The molecule has 0 aliphatic heterocycles. The lowest BCUT2D eigenvalue weighted by molar-refractivity contribution is -0.143. The van der Waals surface area contributed by atoms with Crippen molar-refractivity contribution in [1.82, 2.24) is 25.0 Å². The number of rotatable bonds is 7. The molecule has 9 nitrogen and oxygen atoms in total. The van der Waals surface area contributed by atoms with Crippen LogP contribution >= 0.6 is 0 Å². The normalized spacial score (nSPS) is 13.0. The van der Waals surface area contributed by atoms with Crippen molar-refractivity contribution in [3.63, 3.8) is 0 Å². The highest BCUT2D eigenvalue weighted by atomic mass is 16.5. The molecule has 32 heavy (non-hydrogen) atoms. The summed E-state index contributed by atoms with van der Waals surface area (Å²) in [6.07, 6.45) is 5.19. The summed E-state index contributed by atoms with van der Waals surface area (Å²) in [6.45, 7) is 9.40. The highest BCUT2D eigenvalue weighted by Gasteiger charge is 2.44. The van der Waals surface area contributed by atoms with E-state index in [0.29, 0.717) is 0 Å². The highest BCUT2D eigenvalue weighted by Crippen LogP contribution is 2.33. The van der Waals surface area contributed by atoms with Gasteiger partial charge in [-0.15, -0.1) is 0 Å². The number of hydroxylamine groups is 1. The molecule has 0 aliphatic carbocycles. The fraction of sp³-hybridized carbons (Fsp3) is 0.391. The number of aromatic nitrogens is 4. The van der Waals surface area contributed by atoms with E-state index in [0.717, 1.165) is 16.8 Å². The maximum Gasteiger partial charge on any atom is 0.251 e. The van der Waals surface area contributed by atoms with Crippen molar-refractivity contribution in [2.75, 3.05) is 0 Å². The average Bonchev–Trinajstić information content (AvgIpc) is 3.33. The minimum Gasteiger partial charge on any atom is -0.325 e. The number of nitrogens with zero attached hydrogens (tertiary/aromatic N) is 4. The minimum absolute atomic E-state index is 0.188. The molecule has 0 saturated carbocycles. The van der Waals surface area contributed by atoms with Gasteiger partial charge in [0.25, 0.3) is 11.5 Å². The van der Waals surface area contributed by atoms with E-state index in [1.54, 1.807) is 50.9 Å². The summed E-state index contributed by atoms with van der Waals surface area (Å²) >= 11 is 0. The molecule has 2 heterocycles. The average molecular weight is 441 g/mol. The summed E-state index contributed by atoms with van der Waals surface area (Å²) in [5.74, 6) is -0.577.